The third kappa shape index (κ3) is 4.33. The monoisotopic (exact) mass is 422 g/mol. The molecule has 5 nitrogen and oxygen atoms in total. The Labute approximate surface area is 182 Å². The Kier molecular flexibility index (Phi) is 6.04. The fraction of sp³-hybridized carbons (Fsp3) is 0.333. The highest BCUT2D eigenvalue weighted by Crippen LogP contribution is 2.33. The van der Waals surface area contributed by atoms with Crippen LogP contribution in [0.4, 0.5) is 5.69 Å². The smallest absolute Gasteiger partial charge is 0.281 e. The lowest BCUT2D eigenvalue weighted by Crippen LogP contribution is -2.30. The van der Waals surface area contributed by atoms with E-state index in [1.807, 2.05) is 56.3 Å². The number of anilines is 1. The second-order valence-electron chi connectivity index (χ2n) is 7.63. The van der Waals surface area contributed by atoms with E-state index in [9.17, 15) is 4.79 Å². The van der Waals surface area contributed by atoms with Crippen LogP contribution >= 0.6 is 12.2 Å². The summed E-state index contributed by atoms with van der Waals surface area (Å²) in [5, 5.41) is 3.42. The number of amides is 1. The first kappa shape index (κ1) is 20.4. The van der Waals surface area contributed by atoms with E-state index in [2.05, 4.69) is 5.32 Å². The number of aryl methyl sites for hydroxylation is 1. The minimum atomic E-state index is -0.171. The van der Waals surface area contributed by atoms with Crippen molar-refractivity contribution in [1.82, 2.24) is 5.32 Å². The molecule has 1 saturated carbocycles. The molecule has 1 aliphatic carbocycles. The summed E-state index contributed by atoms with van der Waals surface area (Å²) in [6, 6.07) is 13.5. The number of nitrogens with one attached hydrogen (secondary N) is 1. The topological polar surface area (TPSA) is 50.8 Å². The molecular formula is C24H26N2O3S. The molecule has 30 heavy (non-hydrogen) atoms. The van der Waals surface area contributed by atoms with Crippen molar-refractivity contribution in [3.05, 3.63) is 59.3 Å². The second-order valence-corrected chi connectivity index (χ2v) is 8.02. The highest BCUT2D eigenvalue weighted by Gasteiger charge is 2.32. The lowest BCUT2D eigenvalue weighted by atomic mass is 10.1. The number of hydrogen-bond acceptors (Lipinski definition) is 4. The summed E-state index contributed by atoms with van der Waals surface area (Å²) in [5.74, 6) is 1.28. The van der Waals surface area contributed by atoms with Crippen LogP contribution in [0.25, 0.3) is 6.08 Å². The van der Waals surface area contributed by atoms with Crippen LogP contribution in [0.15, 0.2) is 48.2 Å². The zero-order chi connectivity index (χ0) is 21.1. The molecule has 0 atom stereocenters. The van der Waals surface area contributed by atoms with Gasteiger partial charge < -0.3 is 14.8 Å². The van der Waals surface area contributed by atoms with Crippen molar-refractivity contribution in [1.29, 1.82) is 0 Å². The predicted octanol–water partition coefficient (Wildman–Crippen LogP) is 4.98. The highest BCUT2D eigenvalue weighted by molar-refractivity contribution is 7.80. The molecule has 1 heterocycles. The fourth-order valence-electron chi connectivity index (χ4n) is 3.87. The van der Waals surface area contributed by atoms with Crippen LogP contribution in [0.5, 0.6) is 11.5 Å². The molecule has 0 bridgehead atoms. The maximum atomic E-state index is 13.0. The van der Waals surface area contributed by atoms with Crippen molar-refractivity contribution < 1.29 is 14.3 Å². The van der Waals surface area contributed by atoms with E-state index in [0.717, 1.165) is 35.4 Å². The Balaban J connectivity index is 1.58. The lowest BCUT2D eigenvalue weighted by Gasteiger charge is -2.17. The molecule has 4 rings (SSSR count). The standard InChI is InChI=1S/C24H26N2O3S/c1-3-28-22-15-17(11-12-21(22)29-19-9-4-5-10-19)14-20-23(27)26(24(30)25-20)18-8-6-7-16(2)13-18/h6-8,11-15,19H,3-5,9-10H2,1-2H3,(H,25,30)/b20-14+. The third-order valence-electron chi connectivity index (χ3n) is 5.31. The number of thiocarbonyl (C=S) groups is 1. The number of ether oxygens (including phenoxy) is 2. The summed E-state index contributed by atoms with van der Waals surface area (Å²) in [4.78, 5) is 14.5. The molecule has 1 N–H and O–H groups in total. The summed E-state index contributed by atoms with van der Waals surface area (Å²) >= 11 is 5.41. The third-order valence-corrected chi connectivity index (χ3v) is 5.60. The SMILES string of the molecule is CCOc1cc(/C=C2/NC(=S)N(c3cccc(C)c3)C2=O)ccc1OC1CCCC1. The van der Waals surface area contributed by atoms with Gasteiger partial charge >= 0.3 is 0 Å². The molecule has 1 amide bonds. The van der Waals surface area contributed by atoms with Crippen molar-refractivity contribution in [2.24, 2.45) is 0 Å². The zero-order valence-corrected chi connectivity index (χ0v) is 18.1. The number of carbonyl (C=O) groups excluding carboxylic acids is 1. The minimum Gasteiger partial charge on any atom is -0.490 e. The molecule has 0 spiro atoms. The summed E-state index contributed by atoms with van der Waals surface area (Å²) in [6.45, 7) is 4.48. The van der Waals surface area contributed by atoms with Crippen LogP contribution in [-0.4, -0.2) is 23.7 Å². The van der Waals surface area contributed by atoms with E-state index in [-0.39, 0.29) is 12.0 Å². The predicted molar refractivity (Wildman–Crippen MR) is 123 cm³/mol. The molecular weight excluding hydrogens is 396 g/mol. The van der Waals surface area contributed by atoms with E-state index in [1.165, 1.54) is 17.7 Å². The maximum Gasteiger partial charge on any atom is 0.281 e. The Bertz CT molecular complexity index is 996. The van der Waals surface area contributed by atoms with Gasteiger partial charge in [0.2, 0.25) is 0 Å². The van der Waals surface area contributed by atoms with Gasteiger partial charge in [-0.05, 0) is 93.2 Å². The zero-order valence-electron chi connectivity index (χ0n) is 17.3. The van der Waals surface area contributed by atoms with Gasteiger partial charge in [-0.3, -0.25) is 9.69 Å². The number of nitrogens with zero attached hydrogens (tertiary/aromatic N) is 1. The van der Waals surface area contributed by atoms with Crippen molar-refractivity contribution >= 4 is 35.0 Å². The highest BCUT2D eigenvalue weighted by atomic mass is 32.1. The molecule has 1 saturated heterocycles. The molecule has 156 valence electrons. The second kappa shape index (κ2) is 8.88. The van der Waals surface area contributed by atoms with Crippen LogP contribution in [0.2, 0.25) is 0 Å². The van der Waals surface area contributed by atoms with Crippen LogP contribution in [0.1, 0.15) is 43.7 Å². The molecule has 2 aromatic rings. The van der Waals surface area contributed by atoms with Gasteiger partial charge in [-0.15, -0.1) is 0 Å². The van der Waals surface area contributed by atoms with E-state index in [4.69, 9.17) is 21.7 Å². The number of carbonyl (C=O) groups is 1. The Morgan fingerprint density at radius 3 is 2.70 bits per heavy atom. The molecule has 1 aliphatic heterocycles. The molecule has 2 aromatic carbocycles. The van der Waals surface area contributed by atoms with Crippen LogP contribution in [0.3, 0.4) is 0 Å². The molecule has 0 radical (unpaired) electrons. The van der Waals surface area contributed by atoms with Gasteiger partial charge in [-0.1, -0.05) is 18.2 Å². The molecule has 6 heteroatoms. The van der Waals surface area contributed by atoms with Crippen LogP contribution < -0.4 is 19.7 Å². The Morgan fingerprint density at radius 2 is 1.97 bits per heavy atom. The van der Waals surface area contributed by atoms with Gasteiger partial charge in [0.15, 0.2) is 16.6 Å². The van der Waals surface area contributed by atoms with E-state index >= 15 is 0 Å². The quantitative estimate of drug-likeness (QED) is 0.526. The summed E-state index contributed by atoms with van der Waals surface area (Å²) in [6.07, 6.45) is 6.65. The van der Waals surface area contributed by atoms with Gasteiger partial charge in [0.1, 0.15) is 5.70 Å². The van der Waals surface area contributed by atoms with Crippen LogP contribution in [0, 0.1) is 6.92 Å². The van der Waals surface area contributed by atoms with E-state index in [1.54, 1.807) is 6.08 Å². The number of benzene rings is 2. The first-order valence-electron chi connectivity index (χ1n) is 10.4. The van der Waals surface area contributed by atoms with E-state index < -0.39 is 0 Å². The number of rotatable bonds is 6. The van der Waals surface area contributed by atoms with Gasteiger partial charge in [0.05, 0.1) is 18.4 Å². The summed E-state index contributed by atoms with van der Waals surface area (Å²) in [5.41, 5.74) is 3.12. The van der Waals surface area contributed by atoms with Gasteiger partial charge in [0, 0.05) is 0 Å². The molecule has 0 unspecified atom stereocenters. The van der Waals surface area contributed by atoms with Crippen molar-refractivity contribution in [3.8, 4) is 11.5 Å². The average Bonchev–Trinajstić information content (AvgIpc) is 3.32. The first-order chi connectivity index (χ1) is 14.5. The van der Waals surface area contributed by atoms with Crippen molar-refractivity contribution in [3.63, 3.8) is 0 Å². The maximum absolute atomic E-state index is 13.0. The average molecular weight is 423 g/mol. The molecule has 2 aliphatic rings. The molecule has 2 fully saturated rings. The largest absolute Gasteiger partial charge is 0.490 e. The molecule has 0 aromatic heterocycles. The lowest BCUT2D eigenvalue weighted by molar-refractivity contribution is -0.113. The van der Waals surface area contributed by atoms with Gasteiger partial charge in [-0.2, -0.15) is 0 Å². The van der Waals surface area contributed by atoms with Gasteiger partial charge in [-0.25, -0.2) is 0 Å². The van der Waals surface area contributed by atoms with Crippen LogP contribution in [-0.2, 0) is 4.79 Å². The summed E-state index contributed by atoms with van der Waals surface area (Å²) in [7, 11) is 0. The number of hydrogen-bond donors (Lipinski definition) is 1. The van der Waals surface area contributed by atoms with Crippen molar-refractivity contribution in [2.75, 3.05) is 11.5 Å². The first-order valence-corrected chi connectivity index (χ1v) is 10.8. The normalized spacial score (nSPS) is 18.2. The Hall–Kier alpha value is -2.86. The fourth-order valence-corrected chi connectivity index (χ4v) is 4.17. The van der Waals surface area contributed by atoms with Gasteiger partial charge in [0.25, 0.3) is 5.91 Å². The van der Waals surface area contributed by atoms with E-state index in [0.29, 0.717) is 23.2 Å². The summed E-state index contributed by atoms with van der Waals surface area (Å²) < 4.78 is 12.0. The minimum absolute atomic E-state index is 0.171. The Morgan fingerprint density at radius 1 is 1.17 bits per heavy atom. The van der Waals surface area contributed by atoms with Crippen molar-refractivity contribution in [2.45, 2.75) is 45.6 Å².